The molecule has 1 heterocycles. The number of nitrogens with zero attached hydrogens (tertiary/aromatic N) is 1. The second-order valence-corrected chi connectivity index (χ2v) is 8.96. The van der Waals surface area contributed by atoms with Crippen LogP contribution in [-0.2, 0) is 13.2 Å². The summed E-state index contributed by atoms with van der Waals surface area (Å²) in [5.74, 6) is 0.751. The van der Waals surface area contributed by atoms with E-state index in [1.165, 1.54) is 16.3 Å². The van der Waals surface area contributed by atoms with Crippen molar-refractivity contribution >= 4 is 16.7 Å². The van der Waals surface area contributed by atoms with Gasteiger partial charge in [-0.05, 0) is 59.0 Å². The molecule has 0 unspecified atom stereocenters. The SMILES string of the molecule is O=C(NC1CCN(Cc2ccccc2)CC1)c1ccc(OCc2cccc3ccccc23)cc1. The molecule has 1 N–H and O–H groups in total. The van der Waals surface area contributed by atoms with Crippen molar-refractivity contribution in [2.24, 2.45) is 0 Å². The molecule has 4 aromatic carbocycles. The maximum absolute atomic E-state index is 12.8. The number of likely N-dealkylation sites (tertiary alicyclic amines) is 1. The Morgan fingerprint density at radius 1 is 0.824 bits per heavy atom. The largest absolute Gasteiger partial charge is 0.489 e. The molecular formula is C30H30N2O2. The van der Waals surface area contributed by atoms with E-state index in [1.807, 2.05) is 36.4 Å². The monoisotopic (exact) mass is 450 g/mol. The van der Waals surface area contributed by atoms with Gasteiger partial charge in [-0.2, -0.15) is 0 Å². The molecule has 4 aromatic rings. The van der Waals surface area contributed by atoms with Crippen LogP contribution in [0.15, 0.2) is 97.1 Å². The summed E-state index contributed by atoms with van der Waals surface area (Å²) in [6, 6.07) is 32.8. The Kier molecular flexibility index (Phi) is 6.87. The van der Waals surface area contributed by atoms with Crippen molar-refractivity contribution in [2.75, 3.05) is 13.1 Å². The molecule has 0 aliphatic carbocycles. The highest BCUT2D eigenvalue weighted by atomic mass is 16.5. The van der Waals surface area contributed by atoms with Crippen LogP contribution in [0.2, 0.25) is 0 Å². The number of piperidine rings is 1. The summed E-state index contributed by atoms with van der Waals surface area (Å²) in [5, 5.41) is 5.62. The van der Waals surface area contributed by atoms with Crippen LogP contribution in [0.1, 0.15) is 34.3 Å². The van der Waals surface area contributed by atoms with Crippen LogP contribution in [0, 0.1) is 0 Å². The molecule has 0 bridgehead atoms. The summed E-state index contributed by atoms with van der Waals surface area (Å²) in [4.78, 5) is 15.2. The normalized spacial score (nSPS) is 14.7. The molecule has 1 aliphatic rings. The average molecular weight is 451 g/mol. The Morgan fingerprint density at radius 3 is 2.32 bits per heavy atom. The van der Waals surface area contributed by atoms with Gasteiger partial charge in [0.2, 0.25) is 0 Å². The number of fused-ring (bicyclic) bond motifs is 1. The minimum atomic E-state index is -0.0119. The van der Waals surface area contributed by atoms with Gasteiger partial charge in [0, 0.05) is 31.2 Å². The van der Waals surface area contributed by atoms with E-state index >= 15 is 0 Å². The number of amides is 1. The van der Waals surface area contributed by atoms with E-state index in [9.17, 15) is 4.79 Å². The lowest BCUT2D eigenvalue weighted by molar-refractivity contribution is 0.0909. The molecule has 0 aromatic heterocycles. The summed E-state index contributed by atoms with van der Waals surface area (Å²) in [6.07, 6.45) is 1.95. The van der Waals surface area contributed by atoms with Crippen molar-refractivity contribution < 1.29 is 9.53 Å². The van der Waals surface area contributed by atoms with Crippen LogP contribution in [0.25, 0.3) is 10.8 Å². The van der Waals surface area contributed by atoms with Gasteiger partial charge in [0.1, 0.15) is 12.4 Å². The third kappa shape index (κ3) is 5.46. The van der Waals surface area contributed by atoms with Crippen LogP contribution in [0.5, 0.6) is 5.75 Å². The van der Waals surface area contributed by atoms with Gasteiger partial charge >= 0.3 is 0 Å². The van der Waals surface area contributed by atoms with Gasteiger partial charge in [-0.3, -0.25) is 9.69 Å². The zero-order chi connectivity index (χ0) is 23.2. The number of ether oxygens (including phenoxy) is 1. The van der Waals surface area contributed by atoms with Crippen LogP contribution in [-0.4, -0.2) is 29.9 Å². The highest BCUT2D eigenvalue weighted by molar-refractivity contribution is 5.94. The fraction of sp³-hybridized carbons (Fsp3) is 0.233. The van der Waals surface area contributed by atoms with Crippen molar-refractivity contribution in [2.45, 2.75) is 32.0 Å². The topological polar surface area (TPSA) is 41.6 Å². The second kappa shape index (κ2) is 10.5. The summed E-state index contributed by atoms with van der Waals surface area (Å²) in [5.41, 5.74) is 3.16. The molecule has 5 rings (SSSR count). The minimum Gasteiger partial charge on any atom is -0.489 e. The van der Waals surface area contributed by atoms with E-state index in [-0.39, 0.29) is 11.9 Å². The molecule has 1 fully saturated rings. The molecular weight excluding hydrogens is 420 g/mol. The molecule has 4 heteroatoms. The zero-order valence-corrected chi connectivity index (χ0v) is 19.3. The number of benzene rings is 4. The number of rotatable bonds is 7. The maximum Gasteiger partial charge on any atom is 0.251 e. The Morgan fingerprint density at radius 2 is 1.53 bits per heavy atom. The maximum atomic E-state index is 12.8. The van der Waals surface area contributed by atoms with Crippen molar-refractivity contribution in [1.82, 2.24) is 10.2 Å². The van der Waals surface area contributed by atoms with E-state index < -0.39 is 0 Å². The standard InChI is InChI=1S/C30H30N2O2/c33-30(31-27-17-19-32(20-18-27)21-23-7-2-1-3-8-23)25-13-15-28(16-14-25)34-22-26-11-6-10-24-9-4-5-12-29(24)26/h1-16,27H,17-22H2,(H,31,33). The van der Waals surface area contributed by atoms with E-state index in [1.54, 1.807) is 0 Å². The van der Waals surface area contributed by atoms with E-state index in [4.69, 9.17) is 4.74 Å². The zero-order valence-electron chi connectivity index (χ0n) is 19.3. The smallest absolute Gasteiger partial charge is 0.251 e. The van der Waals surface area contributed by atoms with E-state index in [2.05, 4.69) is 70.9 Å². The Hall–Kier alpha value is -3.63. The van der Waals surface area contributed by atoms with Gasteiger partial charge in [-0.25, -0.2) is 0 Å². The molecule has 1 amide bonds. The predicted molar refractivity (Wildman–Crippen MR) is 137 cm³/mol. The molecule has 0 radical (unpaired) electrons. The summed E-state index contributed by atoms with van der Waals surface area (Å²) < 4.78 is 6.01. The Balaban J connectivity index is 1.11. The molecule has 4 nitrogen and oxygen atoms in total. The van der Waals surface area contributed by atoms with Crippen LogP contribution in [0.3, 0.4) is 0 Å². The van der Waals surface area contributed by atoms with Gasteiger partial charge in [-0.1, -0.05) is 72.8 Å². The Labute approximate surface area is 201 Å². The third-order valence-corrected chi connectivity index (χ3v) is 6.56. The van der Waals surface area contributed by atoms with Gasteiger partial charge < -0.3 is 10.1 Å². The highest BCUT2D eigenvalue weighted by Crippen LogP contribution is 2.21. The molecule has 34 heavy (non-hydrogen) atoms. The number of carbonyl (C=O) groups is 1. The first kappa shape index (κ1) is 22.2. The van der Waals surface area contributed by atoms with Crippen molar-refractivity contribution in [3.05, 3.63) is 114 Å². The minimum absolute atomic E-state index is 0.0119. The molecule has 0 saturated carbocycles. The first-order valence-corrected chi connectivity index (χ1v) is 12.0. The molecule has 1 saturated heterocycles. The van der Waals surface area contributed by atoms with Gasteiger partial charge in [0.05, 0.1) is 0 Å². The number of hydrogen-bond donors (Lipinski definition) is 1. The quantitative estimate of drug-likeness (QED) is 0.386. The lowest BCUT2D eigenvalue weighted by Crippen LogP contribution is -2.44. The second-order valence-electron chi connectivity index (χ2n) is 8.96. The molecule has 0 atom stereocenters. The third-order valence-electron chi connectivity index (χ3n) is 6.56. The lowest BCUT2D eigenvalue weighted by Gasteiger charge is -2.32. The molecule has 172 valence electrons. The van der Waals surface area contributed by atoms with Crippen LogP contribution < -0.4 is 10.1 Å². The molecule has 0 spiro atoms. The fourth-order valence-corrected chi connectivity index (χ4v) is 4.63. The summed E-state index contributed by atoms with van der Waals surface area (Å²) in [7, 11) is 0. The average Bonchev–Trinajstić information content (AvgIpc) is 2.89. The lowest BCUT2D eigenvalue weighted by atomic mass is 10.0. The van der Waals surface area contributed by atoms with Gasteiger partial charge in [-0.15, -0.1) is 0 Å². The summed E-state index contributed by atoms with van der Waals surface area (Å²) in [6.45, 7) is 3.47. The van der Waals surface area contributed by atoms with Crippen molar-refractivity contribution in [3.63, 3.8) is 0 Å². The van der Waals surface area contributed by atoms with Gasteiger partial charge in [0.25, 0.3) is 5.91 Å². The number of nitrogens with one attached hydrogen (secondary N) is 1. The fourth-order valence-electron chi connectivity index (χ4n) is 4.63. The van der Waals surface area contributed by atoms with E-state index in [0.717, 1.165) is 43.8 Å². The number of carbonyl (C=O) groups excluding carboxylic acids is 1. The van der Waals surface area contributed by atoms with Crippen molar-refractivity contribution in [3.8, 4) is 5.75 Å². The summed E-state index contributed by atoms with van der Waals surface area (Å²) >= 11 is 0. The van der Waals surface area contributed by atoms with E-state index in [0.29, 0.717) is 12.2 Å². The van der Waals surface area contributed by atoms with Gasteiger partial charge in [0.15, 0.2) is 0 Å². The first-order chi connectivity index (χ1) is 16.7. The van der Waals surface area contributed by atoms with Crippen LogP contribution in [0.4, 0.5) is 0 Å². The van der Waals surface area contributed by atoms with Crippen molar-refractivity contribution in [1.29, 1.82) is 0 Å². The predicted octanol–water partition coefficient (Wildman–Crippen LogP) is 5.81. The number of hydrogen-bond acceptors (Lipinski definition) is 3. The Bertz CT molecular complexity index is 1220. The van der Waals surface area contributed by atoms with Crippen LogP contribution >= 0.6 is 0 Å². The first-order valence-electron chi connectivity index (χ1n) is 12.0. The molecule has 1 aliphatic heterocycles. The highest BCUT2D eigenvalue weighted by Gasteiger charge is 2.21.